The van der Waals surface area contributed by atoms with E-state index in [4.69, 9.17) is 17.3 Å². The van der Waals surface area contributed by atoms with Crippen molar-refractivity contribution in [1.29, 1.82) is 0 Å². The van der Waals surface area contributed by atoms with Crippen molar-refractivity contribution in [2.75, 3.05) is 6.54 Å². The summed E-state index contributed by atoms with van der Waals surface area (Å²) in [6, 6.07) is 7.56. The Morgan fingerprint density at radius 3 is 2.79 bits per heavy atom. The molecule has 1 aromatic rings. The number of carbonyl (C=O) groups is 1. The van der Waals surface area contributed by atoms with Gasteiger partial charge in [-0.05, 0) is 49.4 Å². The standard InChI is InChI=1S/C15H21ClN2O/c1-11(12-4-2-5-13(16)8-12)18-14(19)9-15(10-17)6-3-7-15/h2,4-5,8,11H,3,6-7,9-10,17H2,1H3,(H,18,19)/t11-/m0/s1. The van der Waals surface area contributed by atoms with E-state index in [1.165, 1.54) is 6.42 Å². The molecule has 19 heavy (non-hydrogen) atoms. The maximum absolute atomic E-state index is 12.1. The van der Waals surface area contributed by atoms with Gasteiger partial charge in [-0.25, -0.2) is 0 Å². The van der Waals surface area contributed by atoms with Crippen LogP contribution >= 0.6 is 11.6 Å². The molecule has 104 valence electrons. The maximum atomic E-state index is 12.1. The van der Waals surface area contributed by atoms with E-state index in [9.17, 15) is 4.79 Å². The fourth-order valence-electron chi connectivity index (χ4n) is 2.62. The first-order valence-electron chi connectivity index (χ1n) is 6.80. The highest BCUT2D eigenvalue weighted by atomic mass is 35.5. The highest BCUT2D eigenvalue weighted by molar-refractivity contribution is 6.30. The van der Waals surface area contributed by atoms with E-state index in [2.05, 4.69) is 5.32 Å². The second-order valence-electron chi connectivity index (χ2n) is 5.58. The highest BCUT2D eigenvalue weighted by Gasteiger charge is 2.37. The molecule has 0 aromatic heterocycles. The lowest BCUT2D eigenvalue weighted by molar-refractivity contribution is -0.125. The summed E-state index contributed by atoms with van der Waals surface area (Å²) < 4.78 is 0. The first-order chi connectivity index (χ1) is 9.04. The number of hydrogen-bond acceptors (Lipinski definition) is 2. The second kappa shape index (κ2) is 5.93. The third kappa shape index (κ3) is 3.48. The number of halogens is 1. The molecule has 1 amide bonds. The summed E-state index contributed by atoms with van der Waals surface area (Å²) in [5.74, 6) is 0.0811. The molecule has 1 fully saturated rings. The van der Waals surface area contributed by atoms with E-state index in [-0.39, 0.29) is 17.4 Å². The molecular weight excluding hydrogens is 260 g/mol. The Labute approximate surface area is 119 Å². The van der Waals surface area contributed by atoms with Crippen LogP contribution in [0.25, 0.3) is 0 Å². The molecule has 1 aliphatic carbocycles. The van der Waals surface area contributed by atoms with Crippen LogP contribution < -0.4 is 11.1 Å². The summed E-state index contributed by atoms with van der Waals surface area (Å²) in [6.45, 7) is 2.57. The van der Waals surface area contributed by atoms with Crippen molar-refractivity contribution in [1.82, 2.24) is 5.32 Å². The van der Waals surface area contributed by atoms with Crippen molar-refractivity contribution in [3.8, 4) is 0 Å². The molecule has 1 aliphatic rings. The lowest BCUT2D eigenvalue weighted by atomic mass is 9.66. The van der Waals surface area contributed by atoms with Gasteiger partial charge in [0.05, 0.1) is 6.04 Å². The molecule has 3 nitrogen and oxygen atoms in total. The average molecular weight is 281 g/mol. The molecule has 4 heteroatoms. The van der Waals surface area contributed by atoms with E-state index in [1.54, 1.807) is 0 Å². The van der Waals surface area contributed by atoms with Crippen LogP contribution in [0.1, 0.15) is 44.2 Å². The summed E-state index contributed by atoms with van der Waals surface area (Å²) in [4.78, 5) is 12.1. The summed E-state index contributed by atoms with van der Waals surface area (Å²) in [5.41, 5.74) is 6.86. The van der Waals surface area contributed by atoms with Gasteiger partial charge < -0.3 is 11.1 Å². The first kappa shape index (κ1) is 14.4. The van der Waals surface area contributed by atoms with Crippen LogP contribution in [0.15, 0.2) is 24.3 Å². The summed E-state index contributed by atoms with van der Waals surface area (Å²) >= 11 is 5.96. The fourth-order valence-corrected chi connectivity index (χ4v) is 2.82. The predicted octanol–water partition coefficient (Wildman–Crippen LogP) is 3.04. The molecule has 2 rings (SSSR count). The second-order valence-corrected chi connectivity index (χ2v) is 6.02. The molecule has 1 saturated carbocycles. The Morgan fingerprint density at radius 2 is 2.26 bits per heavy atom. The van der Waals surface area contributed by atoms with Crippen molar-refractivity contribution in [3.05, 3.63) is 34.9 Å². The molecule has 0 bridgehead atoms. The largest absolute Gasteiger partial charge is 0.350 e. The lowest BCUT2D eigenvalue weighted by Gasteiger charge is -2.40. The Hall–Kier alpha value is -1.06. The Kier molecular flexibility index (Phi) is 4.48. The molecule has 3 N–H and O–H groups in total. The summed E-state index contributed by atoms with van der Waals surface area (Å²) in [7, 11) is 0. The number of hydrogen-bond donors (Lipinski definition) is 2. The van der Waals surface area contributed by atoms with Crippen LogP contribution in [0.3, 0.4) is 0 Å². The third-order valence-corrected chi connectivity index (χ3v) is 4.34. The fraction of sp³-hybridized carbons (Fsp3) is 0.533. The zero-order valence-corrected chi connectivity index (χ0v) is 12.0. The van der Waals surface area contributed by atoms with E-state index in [0.717, 1.165) is 18.4 Å². The summed E-state index contributed by atoms with van der Waals surface area (Å²) in [6.07, 6.45) is 3.87. The molecule has 1 atom stereocenters. The molecule has 0 saturated heterocycles. The van der Waals surface area contributed by atoms with Crippen molar-refractivity contribution < 1.29 is 4.79 Å². The van der Waals surface area contributed by atoms with Gasteiger partial charge in [-0.3, -0.25) is 4.79 Å². The van der Waals surface area contributed by atoms with E-state index in [0.29, 0.717) is 18.0 Å². The zero-order chi connectivity index (χ0) is 13.9. The number of nitrogens with two attached hydrogens (primary N) is 1. The monoisotopic (exact) mass is 280 g/mol. The molecule has 1 aromatic carbocycles. The zero-order valence-electron chi connectivity index (χ0n) is 11.3. The van der Waals surface area contributed by atoms with Gasteiger partial charge in [0.2, 0.25) is 5.91 Å². The number of benzene rings is 1. The molecular formula is C15H21ClN2O. The van der Waals surface area contributed by atoms with Gasteiger partial charge >= 0.3 is 0 Å². The van der Waals surface area contributed by atoms with Crippen LogP contribution in [0.4, 0.5) is 0 Å². The number of rotatable bonds is 5. The molecule has 0 unspecified atom stereocenters. The number of carbonyl (C=O) groups excluding carboxylic acids is 1. The molecule has 0 heterocycles. The minimum atomic E-state index is -0.0268. The van der Waals surface area contributed by atoms with Gasteiger partial charge in [0.15, 0.2) is 0 Å². The minimum absolute atomic E-state index is 0.0268. The smallest absolute Gasteiger partial charge is 0.221 e. The van der Waals surface area contributed by atoms with Gasteiger partial charge in [-0.15, -0.1) is 0 Å². The predicted molar refractivity (Wildman–Crippen MR) is 78.0 cm³/mol. The third-order valence-electron chi connectivity index (χ3n) is 4.11. The van der Waals surface area contributed by atoms with E-state index < -0.39 is 0 Å². The normalized spacial score (nSPS) is 18.5. The van der Waals surface area contributed by atoms with Crippen LogP contribution in [0, 0.1) is 5.41 Å². The van der Waals surface area contributed by atoms with Gasteiger partial charge in [-0.1, -0.05) is 30.2 Å². The van der Waals surface area contributed by atoms with Crippen LogP contribution in [0.5, 0.6) is 0 Å². The maximum Gasteiger partial charge on any atom is 0.221 e. The SMILES string of the molecule is C[C@H](NC(=O)CC1(CN)CCC1)c1cccc(Cl)c1. The number of amides is 1. The van der Waals surface area contributed by atoms with Crippen molar-refractivity contribution in [3.63, 3.8) is 0 Å². The Bertz CT molecular complexity index is 452. The van der Waals surface area contributed by atoms with Crippen LogP contribution in [0.2, 0.25) is 5.02 Å². The quantitative estimate of drug-likeness (QED) is 0.871. The molecule has 0 spiro atoms. The van der Waals surface area contributed by atoms with Crippen LogP contribution in [-0.4, -0.2) is 12.5 Å². The van der Waals surface area contributed by atoms with Crippen molar-refractivity contribution >= 4 is 17.5 Å². The van der Waals surface area contributed by atoms with Gasteiger partial charge in [0.1, 0.15) is 0 Å². The van der Waals surface area contributed by atoms with Gasteiger partial charge in [0.25, 0.3) is 0 Å². The van der Waals surface area contributed by atoms with E-state index >= 15 is 0 Å². The highest BCUT2D eigenvalue weighted by Crippen LogP contribution is 2.42. The topological polar surface area (TPSA) is 55.1 Å². The van der Waals surface area contributed by atoms with Gasteiger partial charge in [0, 0.05) is 11.4 Å². The Morgan fingerprint density at radius 1 is 1.53 bits per heavy atom. The average Bonchev–Trinajstić information content (AvgIpc) is 2.34. The van der Waals surface area contributed by atoms with Gasteiger partial charge in [-0.2, -0.15) is 0 Å². The van der Waals surface area contributed by atoms with Crippen molar-refractivity contribution in [2.24, 2.45) is 11.1 Å². The van der Waals surface area contributed by atoms with E-state index in [1.807, 2.05) is 31.2 Å². The minimum Gasteiger partial charge on any atom is -0.350 e. The van der Waals surface area contributed by atoms with Crippen LogP contribution in [-0.2, 0) is 4.79 Å². The summed E-state index contributed by atoms with van der Waals surface area (Å²) in [5, 5.41) is 3.72. The lowest BCUT2D eigenvalue weighted by Crippen LogP contribution is -2.42. The van der Waals surface area contributed by atoms with Crippen molar-refractivity contribution in [2.45, 2.75) is 38.6 Å². The molecule has 0 aliphatic heterocycles. The number of nitrogens with one attached hydrogen (secondary N) is 1. The molecule has 0 radical (unpaired) electrons. The first-order valence-corrected chi connectivity index (χ1v) is 7.17. The Balaban J connectivity index is 1.91.